The lowest BCUT2D eigenvalue weighted by molar-refractivity contribution is -0.385. The number of nitro groups is 1. The minimum Gasteiger partial charge on any atom is -0.477 e. The minimum absolute atomic E-state index is 0.0303. The van der Waals surface area contributed by atoms with E-state index >= 15 is 0 Å². The van der Waals surface area contributed by atoms with E-state index in [2.05, 4.69) is 4.98 Å². The highest BCUT2D eigenvalue weighted by Gasteiger charge is 2.21. The Labute approximate surface area is 115 Å². The van der Waals surface area contributed by atoms with Gasteiger partial charge in [0.05, 0.1) is 4.92 Å². The van der Waals surface area contributed by atoms with Gasteiger partial charge in [-0.3, -0.25) is 15.1 Å². The number of rotatable bonds is 4. The molecule has 2 heterocycles. The van der Waals surface area contributed by atoms with Crippen LogP contribution in [0.1, 0.15) is 9.67 Å². The normalized spacial score (nSPS) is 10.2. The monoisotopic (exact) mass is 300 g/mol. The summed E-state index contributed by atoms with van der Waals surface area (Å²) < 4.78 is 5.27. The van der Waals surface area contributed by atoms with Crippen molar-refractivity contribution >= 4 is 34.6 Å². The van der Waals surface area contributed by atoms with Gasteiger partial charge in [-0.15, -0.1) is 11.3 Å². The molecule has 0 saturated heterocycles. The van der Waals surface area contributed by atoms with E-state index in [0.29, 0.717) is 0 Å². The number of ether oxygens (including phenoxy) is 1. The first-order valence-corrected chi connectivity index (χ1v) is 6.02. The largest absolute Gasteiger partial charge is 0.477 e. The van der Waals surface area contributed by atoms with Crippen molar-refractivity contribution in [3.63, 3.8) is 0 Å². The van der Waals surface area contributed by atoms with Crippen molar-refractivity contribution in [3.05, 3.63) is 43.9 Å². The zero-order valence-electron chi connectivity index (χ0n) is 9.07. The van der Waals surface area contributed by atoms with Crippen molar-refractivity contribution in [2.24, 2.45) is 0 Å². The van der Waals surface area contributed by atoms with Crippen molar-refractivity contribution in [2.75, 3.05) is 0 Å². The summed E-state index contributed by atoms with van der Waals surface area (Å²) in [6.45, 7) is 0. The molecule has 98 valence electrons. The van der Waals surface area contributed by atoms with E-state index in [0.717, 1.165) is 17.5 Å². The molecule has 0 radical (unpaired) electrons. The van der Waals surface area contributed by atoms with Crippen LogP contribution < -0.4 is 4.74 Å². The highest BCUT2D eigenvalue weighted by atomic mass is 35.5. The van der Waals surface area contributed by atoms with Gasteiger partial charge >= 0.3 is 11.7 Å². The SMILES string of the molecule is O=C(O)c1cc(Oc2c(Cl)cncc2[N+](=O)[O-])cs1. The number of pyridine rings is 1. The molecule has 0 aliphatic carbocycles. The van der Waals surface area contributed by atoms with E-state index < -0.39 is 16.6 Å². The Balaban J connectivity index is 2.37. The van der Waals surface area contributed by atoms with Crippen molar-refractivity contribution < 1.29 is 19.6 Å². The third-order valence-corrected chi connectivity index (χ3v) is 3.20. The molecule has 7 nitrogen and oxygen atoms in total. The van der Waals surface area contributed by atoms with Crippen LogP contribution >= 0.6 is 22.9 Å². The van der Waals surface area contributed by atoms with Crippen molar-refractivity contribution in [2.45, 2.75) is 0 Å². The molecule has 2 aromatic rings. The summed E-state index contributed by atoms with van der Waals surface area (Å²) in [4.78, 5) is 24.5. The number of thiophene rings is 1. The Morgan fingerprint density at radius 1 is 1.53 bits per heavy atom. The maximum absolute atomic E-state index is 10.8. The average Bonchev–Trinajstić information content (AvgIpc) is 2.80. The number of carboxylic acids is 1. The molecule has 0 saturated carbocycles. The van der Waals surface area contributed by atoms with Gasteiger partial charge in [0.25, 0.3) is 0 Å². The number of carboxylic acid groups (broad SMARTS) is 1. The van der Waals surface area contributed by atoms with Crippen LogP contribution in [0.25, 0.3) is 0 Å². The maximum Gasteiger partial charge on any atom is 0.346 e. The summed E-state index contributed by atoms with van der Waals surface area (Å²) in [6, 6.07) is 1.26. The van der Waals surface area contributed by atoms with Gasteiger partial charge in [0.2, 0.25) is 5.75 Å². The average molecular weight is 301 g/mol. The number of aromatic carboxylic acids is 1. The van der Waals surface area contributed by atoms with E-state index in [-0.39, 0.29) is 21.4 Å². The number of hydrogen-bond acceptors (Lipinski definition) is 6. The van der Waals surface area contributed by atoms with Gasteiger partial charge in [-0.25, -0.2) is 4.79 Å². The van der Waals surface area contributed by atoms with Crippen LogP contribution in [0.4, 0.5) is 5.69 Å². The van der Waals surface area contributed by atoms with Crippen LogP contribution in [0.5, 0.6) is 11.5 Å². The molecule has 2 rings (SSSR count). The number of carbonyl (C=O) groups is 1. The third-order valence-electron chi connectivity index (χ3n) is 2.04. The van der Waals surface area contributed by atoms with Crippen LogP contribution in [0.3, 0.4) is 0 Å². The van der Waals surface area contributed by atoms with Crippen LogP contribution in [0.15, 0.2) is 23.8 Å². The molecule has 0 aromatic carbocycles. The lowest BCUT2D eigenvalue weighted by atomic mass is 10.4. The predicted octanol–water partition coefficient (Wildman–Crippen LogP) is 3.20. The van der Waals surface area contributed by atoms with E-state index in [4.69, 9.17) is 21.4 Å². The number of hydrogen-bond donors (Lipinski definition) is 1. The summed E-state index contributed by atoms with van der Waals surface area (Å²) in [6.07, 6.45) is 2.21. The maximum atomic E-state index is 10.8. The molecule has 0 bridgehead atoms. The number of nitrogens with zero attached hydrogens (tertiary/aromatic N) is 2. The summed E-state index contributed by atoms with van der Waals surface area (Å²) in [7, 11) is 0. The first kappa shape index (κ1) is 13.2. The van der Waals surface area contributed by atoms with Gasteiger partial charge in [0, 0.05) is 17.6 Å². The van der Waals surface area contributed by atoms with Gasteiger partial charge < -0.3 is 9.84 Å². The number of aromatic nitrogens is 1. The fraction of sp³-hybridized carbons (Fsp3) is 0. The molecule has 9 heteroatoms. The summed E-state index contributed by atoms with van der Waals surface area (Å²) in [5.41, 5.74) is -0.393. The molecule has 0 amide bonds. The standard InChI is InChI=1S/C10H5ClN2O5S/c11-6-2-12-3-7(13(16)17)9(6)18-5-1-8(10(14)15)19-4-5/h1-4H,(H,14,15). The summed E-state index contributed by atoms with van der Waals surface area (Å²) in [5, 5.41) is 21.0. The number of halogens is 1. The molecule has 0 unspecified atom stereocenters. The third kappa shape index (κ3) is 2.80. The Bertz CT molecular complexity index is 657. The summed E-state index contributed by atoms with van der Waals surface area (Å²) in [5.74, 6) is -1.11. The smallest absolute Gasteiger partial charge is 0.346 e. The molecular formula is C10H5ClN2O5S. The van der Waals surface area contributed by atoms with E-state index in [9.17, 15) is 14.9 Å². The predicted molar refractivity (Wildman–Crippen MR) is 67.3 cm³/mol. The molecular weight excluding hydrogens is 296 g/mol. The Morgan fingerprint density at radius 2 is 2.26 bits per heavy atom. The Hall–Kier alpha value is -2.19. The first-order valence-electron chi connectivity index (χ1n) is 4.76. The van der Waals surface area contributed by atoms with Gasteiger partial charge in [-0.2, -0.15) is 0 Å². The van der Waals surface area contributed by atoms with E-state index in [1.54, 1.807) is 0 Å². The van der Waals surface area contributed by atoms with E-state index in [1.165, 1.54) is 17.6 Å². The molecule has 19 heavy (non-hydrogen) atoms. The molecule has 0 aliphatic rings. The first-order chi connectivity index (χ1) is 8.99. The van der Waals surface area contributed by atoms with Gasteiger partial charge in [0.1, 0.15) is 21.8 Å². The molecule has 2 aromatic heterocycles. The Morgan fingerprint density at radius 3 is 2.84 bits per heavy atom. The molecule has 0 atom stereocenters. The molecule has 0 spiro atoms. The van der Waals surface area contributed by atoms with Gasteiger partial charge in [-0.1, -0.05) is 11.6 Å². The quantitative estimate of drug-likeness (QED) is 0.687. The lowest BCUT2D eigenvalue weighted by Gasteiger charge is -2.05. The lowest BCUT2D eigenvalue weighted by Crippen LogP contribution is -1.95. The zero-order valence-corrected chi connectivity index (χ0v) is 10.6. The Kier molecular flexibility index (Phi) is 3.63. The topological polar surface area (TPSA) is 103 Å². The van der Waals surface area contributed by atoms with Crippen molar-refractivity contribution in [3.8, 4) is 11.5 Å². The minimum atomic E-state index is -1.10. The molecule has 0 aliphatic heterocycles. The second kappa shape index (κ2) is 5.21. The second-order valence-electron chi connectivity index (χ2n) is 3.28. The van der Waals surface area contributed by atoms with Crippen LogP contribution in [-0.4, -0.2) is 21.0 Å². The molecule has 0 fully saturated rings. The van der Waals surface area contributed by atoms with Crippen molar-refractivity contribution in [1.82, 2.24) is 4.98 Å². The summed E-state index contributed by atoms with van der Waals surface area (Å²) >= 11 is 6.73. The molecule has 1 N–H and O–H groups in total. The van der Waals surface area contributed by atoms with Crippen LogP contribution in [0, 0.1) is 10.1 Å². The van der Waals surface area contributed by atoms with Crippen LogP contribution in [-0.2, 0) is 0 Å². The van der Waals surface area contributed by atoms with Gasteiger partial charge in [-0.05, 0) is 0 Å². The highest BCUT2D eigenvalue weighted by Crippen LogP contribution is 2.38. The zero-order chi connectivity index (χ0) is 14.0. The fourth-order valence-electron chi connectivity index (χ4n) is 1.25. The fourth-order valence-corrected chi connectivity index (χ4v) is 2.08. The van der Waals surface area contributed by atoms with Gasteiger partial charge in [0.15, 0.2) is 0 Å². The second-order valence-corrected chi connectivity index (χ2v) is 4.60. The van der Waals surface area contributed by atoms with E-state index in [1.807, 2.05) is 0 Å². The van der Waals surface area contributed by atoms with Crippen LogP contribution in [0.2, 0.25) is 5.02 Å². The highest BCUT2D eigenvalue weighted by molar-refractivity contribution is 7.12. The van der Waals surface area contributed by atoms with Crippen molar-refractivity contribution in [1.29, 1.82) is 0 Å².